The molecule has 0 saturated carbocycles. The van der Waals surface area contributed by atoms with Crippen molar-refractivity contribution in [3.63, 3.8) is 0 Å². The Kier molecular flexibility index (Phi) is 12.9. The second kappa shape index (κ2) is 14.6. The quantitative estimate of drug-likeness (QED) is 0.250. The van der Waals surface area contributed by atoms with Crippen molar-refractivity contribution in [3.8, 4) is 0 Å². The van der Waals surface area contributed by atoms with Gasteiger partial charge >= 0.3 is 5.97 Å². The zero-order valence-electron chi connectivity index (χ0n) is 22.8. The topological polar surface area (TPSA) is 111 Å². The fourth-order valence-corrected chi connectivity index (χ4v) is 3.80. The Labute approximate surface area is 212 Å². The average Bonchev–Trinajstić information content (AvgIpc) is 2.74. The molecule has 0 radical (unpaired) electrons. The summed E-state index contributed by atoms with van der Waals surface area (Å²) in [6.07, 6.45) is 0.991. The van der Waals surface area contributed by atoms with Gasteiger partial charge in [-0.15, -0.1) is 0 Å². The maximum Gasteiger partial charge on any atom is 0.312 e. The third-order valence-electron chi connectivity index (χ3n) is 6.08. The van der Waals surface area contributed by atoms with E-state index in [9.17, 15) is 14.7 Å². The lowest BCUT2D eigenvalue weighted by Gasteiger charge is -2.33. The van der Waals surface area contributed by atoms with Gasteiger partial charge in [-0.1, -0.05) is 57.5 Å². The average molecular weight is 493 g/mol. The van der Waals surface area contributed by atoms with E-state index in [1.807, 2.05) is 37.3 Å². The number of ether oxygens (including phenoxy) is 2. The monoisotopic (exact) mass is 492 g/mol. The minimum Gasteiger partial charge on any atom is -0.460 e. The fourth-order valence-electron chi connectivity index (χ4n) is 3.80. The van der Waals surface area contributed by atoms with Gasteiger partial charge in [-0.2, -0.15) is 0 Å². The maximum atomic E-state index is 13.2. The molecule has 0 aliphatic rings. The summed E-state index contributed by atoms with van der Waals surface area (Å²) in [4.78, 5) is 25.8. The first-order valence-corrected chi connectivity index (χ1v) is 12.9. The predicted octanol–water partition coefficient (Wildman–Crippen LogP) is 4.21. The van der Waals surface area contributed by atoms with Crippen molar-refractivity contribution in [1.29, 1.82) is 0 Å². The minimum atomic E-state index is -1.31. The molecule has 35 heavy (non-hydrogen) atoms. The summed E-state index contributed by atoms with van der Waals surface area (Å²) in [7, 11) is 0. The van der Waals surface area contributed by atoms with Gasteiger partial charge in [0, 0.05) is 13.0 Å². The van der Waals surface area contributed by atoms with Crippen LogP contribution in [0.1, 0.15) is 79.7 Å². The summed E-state index contributed by atoms with van der Waals surface area (Å²) in [6.45, 7) is 14.6. The Morgan fingerprint density at radius 3 is 2.29 bits per heavy atom. The summed E-state index contributed by atoms with van der Waals surface area (Å²) in [5.41, 5.74) is 5.36. The number of nitrogens with one attached hydrogen (secondary N) is 1. The van der Waals surface area contributed by atoms with Crippen LogP contribution in [0.15, 0.2) is 30.3 Å². The molecule has 1 aromatic rings. The van der Waals surface area contributed by atoms with Crippen molar-refractivity contribution in [2.75, 3.05) is 13.2 Å². The van der Waals surface area contributed by atoms with Crippen LogP contribution in [0.25, 0.3) is 0 Å². The van der Waals surface area contributed by atoms with Gasteiger partial charge in [-0.3, -0.25) is 9.59 Å². The van der Waals surface area contributed by atoms with Crippen LogP contribution in [-0.2, 0) is 25.7 Å². The molecule has 0 fully saturated rings. The zero-order valence-corrected chi connectivity index (χ0v) is 22.8. The molecule has 0 spiro atoms. The SMILES string of the molecule is CCCCNC(=O)C(C)(N)C[C@@H](O)[C@H](C[C@H](COCc1ccccc1)C(C)C)C(=O)OC(C)(C)C. The zero-order chi connectivity index (χ0) is 26.6. The number of aliphatic hydroxyl groups excluding tert-OH is 1. The van der Waals surface area contributed by atoms with Crippen molar-refractivity contribution in [2.24, 2.45) is 23.5 Å². The highest BCUT2D eigenvalue weighted by atomic mass is 16.6. The van der Waals surface area contributed by atoms with Gasteiger partial charge < -0.3 is 25.6 Å². The van der Waals surface area contributed by atoms with E-state index < -0.39 is 29.1 Å². The first-order chi connectivity index (χ1) is 16.3. The van der Waals surface area contributed by atoms with Crippen LogP contribution in [0.3, 0.4) is 0 Å². The number of hydrogen-bond donors (Lipinski definition) is 3. The second-order valence-corrected chi connectivity index (χ2v) is 11.2. The summed E-state index contributed by atoms with van der Waals surface area (Å²) in [6, 6.07) is 9.91. The molecule has 1 unspecified atom stereocenters. The number of carbonyl (C=O) groups excluding carboxylic acids is 2. The number of carbonyl (C=O) groups is 2. The van der Waals surface area contributed by atoms with Crippen molar-refractivity contribution in [1.82, 2.24) is 5.32 Å². The highest BCUT2D eigenvalue weighted by Crippen LogP contribution is 2.29. The molecule has 0 heterocycles. The Morgan fingerprint density at radius 1 is 1.11 bits per heavy atom. The van der Waals surface area contributed by atoms with E-state index >= 15 is 0 Å². The van der Waals surface area contributed by atoms with Gasteiger partial charge in [-0.05, 0) is 57.9 Å². The molecule has 0 saturated heterocycles. The number of hydrogen-bond acceptors (Lipinski definition) is 6. The van der Waals surface area contributed by atoms with E-state index in [1.165, 1.54) is 0 Å². The molecule has 1 amide bonds. The molecule has 200 valence electrons. The molecular weight excluding hydrogens is 444 g/mol. The third kappa shape index (κ3) is 12.0. The van der Waals surface area contributed by atoms with E-state index in [2.05, 4.69) is 19.2 Å². The first-order valence-electron chi connectivity index (χ1n) is 12.9. The smallest absolute Gasteiger partial charge is 0.312 e. The molecule has 0 aliphatic carbocycles. The number of amides is 1. The van der Waals surface area contributed by atoms with Crippen LogP contribution in [0.5, 0.6) is 0 Å². The lowest BCUT2D eigenvalue weighted by molar-refractivity contribution is -0.166. The van der Waals surface area contributed by atoms with Crippen LogP contribution in [0.4, 0.5) is 0 Å². The second-order valence-electron chi connectivity index (χ2n) is 11.2. The van der Waals surface area contributed by atoms with E-state index in [4.69, 9.17) is 15.2 Å². The molecule has 4 atom stereocenters. The molecule has 0 aromatic heterocycles. The normalized spacial score (nSPS) is 16.3. The molecular formula is C28H48N2O5. The summed E-state index contributed by atoms with van der Waals surface area (Å²) >= 11 is 0. The standard InChI is InChI=1S/C28H48N2O5/c1-8-9-15-30-26(33)28(7,29)17-24(31)23(25(32)35-27(4,5)6)16-22(20(2)3)19-34-18-21-13-11-10-12-14-21/h10-14,20,22-24,31H,8-9,15-19,29H2,1-7H3,(H,30,33)/t22-,23+,24-,28?/m1/s1. The van der Waals surface area contributed by atoms with Crippen molar-refractivity contribution < 1.29 is 24.2 Å². The number of rotatable bonds is 15. The number of nitrogens with two attached hydrogens (primary N) is 1. The number of benzene rings is 1. The molecule has 7 heteroatoms. The lowest BCUT2D eigenvalue weighted by atomic mass is 9.80. The van der Waals surface area contributed by atoms with Gasteiger partial charge in [0.25, 0.3) is 0 Å². The third-order valence-corrected chi connectivity index (χ3v) is 6.08. The van der Waals surface area contributed by atoms with Crippen LogP contribution >= 0.6 is 0 Å². The highest BCUT2D eigenvalue weighted by molar-refractivity contribution is 5.85. The Balaban J connectivity index is 2.95. The van der Waals surface area contributed by atoms with E-state index in [1.54, 1.807) is 27.7 Å². The summed E-state index contributed by atoms with van der Waals surface area (Å²) < 4.78 is 11.6. The van der Waals surface area contributed by atoms with Crippen LogP contribution in [0, 0.1) is 17.8 Å². The maximum absolute atomic E-state index is 13.2. The summed E-state index contributed by atoms with van der Waals surface area (Å²) in [5.74, 6) is -1.42. The van der Waals surface area contributed by atoms with Gasteiger partial charge in [0.2, 0.25) is 5.91 Å². The summed E-state index contributed by atoms with van der Waals surface area (Å²) in [5, 5.41) is 14.0. The number of esters is 1. The van der Waals surface area contributed by atoms with Gasteiger partial charge in [-0.25, -0.2) is 0 Å². The van der Waals surface area contributed by atoms with Crippen molar-refractivity contribution >= 4 is 11.9 Å². The van der Waals surface area contributed by atoms with Crippen LogP contribution in [-0.4, -0.2) is 47.4 Å². The Morgan fingerprint density at radius 2 is 1.74 bits per heavy atom. The van der Waals surface area contributed by atoms with E-state index in [0.29, 0.717) is 26.2 Å². The fraction of sp³-hybridized carbons (Fsp3) is 0.714. The molecule has 0 aliphatic heterocycles. The lowest BCUT2D eigenvalue weighted by Crippen LogP contribution is -2.55. The molecule has 4 N–H and O–H groups in total. The molecule has 1 aromatic carbocycles. The largest absolute Gasteiger partial charge is 0.460 e. The van der Waals surface area contributed by atoms with Crippen molar-refractivity contribution in [2.45, 2.75) is 98.0 Å². The number of unbranched alkanes of at least 4 members (excludes halogenated alkanes) is 1. The van der Waals surface area contributed by atoms with Crippen LogP contribution in [0.2, 0.25) is 0 Å². The number of aliphatic hydroxyl groups is 1. The minimum absolute atomic E-state index is 0.00768. The highest BCUT2D eigenvalue weighted by Gasteiger charge is 2.39. The molecule has 0 bridgehead atoms. The van der Waals surface area contributed by atoms with Crippen LogP contribution < -0.4 is 11.1 Å². The van der Waals surface area contributed by atoms with Gasteiger partial charge in [0.15, 0.2) is 0 Å². The Hall–Kier alpha value is -1.96. The van der Waals surface area contributed by atoms with Gasteiger partial charge in [0.05, 0.1) is 30.8 Å². The van der Waals surface area contributed by atoms with Gasteiger partial charge in [0.1, 0.15) is 5.60 Å². The molecule has 7 nitrogen and oxygen atoms in total. The van der Waals surface area contributed by atoms with Crippen molar-refractivity contribution in [3.05, 3.63) is 35.9 Å². The van der Waals surface area contributed by atoms with E-state index in [-0.39, 0.29) is 24.2 Å². The Bertz CT molecular complexity index is 758. The predicted molar refractivity (Wildman–Crippen MR) is 140 cm³/mol. The first kappa shape index (κ1) is 31.1. The molecule has 1 rings (SSSR count). The van der Waals surface area contributed by atoms with E-state index in [0.717, 1.165) is 18.4 Å².